The molecule has 0 aromatic heterocycles. The SMILES string of the molecule is CNC(=O)NC(=O)COC(=O)[C@H](C)NC(=O)c1cccc(C)c1. The van der Waals surface area contributed by atoms with E-state index in [1.54, 1.807) is 18.2 Å². The van der Waals surface area contributed by atoms with Crippen LogP contribution in [0.2, 0.25) is 0 Å². The summed E-state index contributed by atoms with van der Waals surface area (Å²) in [4.78, 5) is 45.9. The average molecular weight is 321 g/mol. The summed E-state index contributed by atoms with van der Waals surface area (Å²) in [6, 6.07) is 5.25. The minimum atomic E-state index is -0.934. The Hall–Kier alpha value is -2.90. The maximum atomic E-state index is 12.0. The summed E-state index contributed by atoms with van der Waals surface area (Å²) in [5.41, 5.74) is 1.33. The highest BCUT2D eigenvalue weighted by Crippen LogP contribution is 2.04. The van der Waals surface area contributed by atoms with Gasteiger partial charge in [0.05, 0.1) is 0 Å². The Morgan fingerprint density at radius 2 is 1.91 bits per heavy atom. The van der Waals surface area contributed by atoms with Gasteiger partial charge in [0.1, 0.15) is 6.04 Å². The van der Waals surface area contributed by atoms with E-state index in [0.717, 1.165) is 5.56 Å². The fourth-order valence-electron chi connectivity index (χ4n) is 1.61. The first-order valence-corrected chi connectivity index (χ1v) is 6.89. The van der Waals surface area contributed by atoms with Gasteiger partial charge in [0, 0.05) is 12.6 Å². The smallest absolute Gasteiger partial charge is 0.328 e. The topological polar surface area (TPSA) is 114 Å². The van der Waals surface area contributed by atoms with Gasteiger partial charge in [-0.3, -0.25) is 14.9 Å². The number of imide groups is 1. The predicted molar refractivity (Wildman–Crippen MR) is 81.7 cm³/mol. The van der Waals surface area contributed by atoms with Gasteiger partial charge < -0.3 is 15.4 Å². The van der Waals surface area contributed by atoms with Crippen LogP contribution < -0.4 is 16.0 Å². The van der Waals surface area contributed by atoms with Crippen LogP contribution in [0.1, 0.15) is 22.8 Å². The number of ether oxygens (including phenoxy) is 1. The number of hydrogen-bond donors (Lipinski definition) is 3. The van der Waals surface area contributed by atoms with E-state index in [0.29, 0.717) is 5.56 Å². The normalized spacial score (nSPS) is 11.1. The highest BCUT2D eigenvalue weighted by Gasteiger charge is 2.19. The van der Waals surface area contributed by atoms with Crippen molar-refractivity contribution in [2.24, 2.45) is 0 Å². The zero-order valence-corrected chi connectivity index (χ0v) is 13.1. The van der Waals surface area contributed by atoms with E-state index in [9.17, 15) is 19.2 Å². The highest BCUT2D eigenvalue weighted by atomic mass is 16.5. The molecular weight excluding hydrogens is 302 g/mol. The van der Waals surface area contributed by atoms with E-state index >= 15 is 0 Å². The van der Waals surface area contributed by atoms with Crippen LogP contribution in [0.4, 0.5) is 4.79 Å². The Morgan fingerprint density at radius 3 is 2.52 bits per heavy atom. The molecule has 124 valence electrons. The molecule has 0 bridgehead atoms. The molecule has 23 heavy (non-hydrogen) atoms. The van der Waals surface area contributed by atoms with Gasteiger partial charge in [-0.1, -0.05) is 17.7 Å². The molecule has 0 aliphatic rings. The van der Waals surface area contributed by atoms with Gasteiger partial charge in [0.25, 0.3) is 11.8 Å². The minimum absolute atomic E-state index is 0.419. The molecule has 0 saturated heterocycles. The van der Waals surface area contributed by atoms with E-state index in [1.165, 1.54) is 14.0 Å². The number of carbonyl (C=O) groups is 4. The molecule has 1 rings (SSSR count). The van der Waals surface area contributed by atoms with Crippen LogP contribution in [0.15, 0.2) is 24.3 Å². The molecule has 8 heteroatoms. The predicted octanol–water partition coefficient (Wildman–Crippen LogP) is 0.112. The number of benzene rings is 1. The van der Waals surface area contributed by atoms with Crippen molar-refractivity contribution in [3.63, 3.8) is 0 Å². The molecule has 0 fully saturated rings. The summed E-state index contributed by atoms with van der Waals surface area (Å²) < 4.78 is 4.73. The van der Waals surface area contributed by atoms with Crippen molar-refractivity contribution >= 4 is 23.8 Å². The quantitative estimate of drug-likeness (QED) is 0.666. The van der Waals surface area contributed by atoms with Crippen molar-refractivity contribution in [2.45, 2.75) is 19.9 Å². The van der Waals surface area contributed by atoms with Crippen molar-refractivity contribution in [1.82, 2.24) is 16.0 Å². The van der Waals surface area contributed by atoms with Crippen molar-refractivity contribution in [3.8, 4) is 0 Å². The number of aryl methyl sites for hydroxylation is 1. The molecule has 0 aliphatic heterocycles. The van der Waals surface area contributed by atoms with Gasteiger partial charge >= 0.3 is 12.0 Å². The third-order valence-electron chi connectivity index (χ3n) is 2.81. The average Bonchev–Trinajstić information content (AvgIpc) is 2.52. The van der Waals surface area contributed by atoms with Gasteiger partial charge in [-0.2, -0.15) is 0 Å². The molecule has 0 unspecified atom stereocenters. The summed E-state index contributed by atoms with van der Waals surface area (Å²) in [7, 11) is 1.34. The fourth-order valence-corrected chi connectivity index (χ4v) is 1.61. The fraction of sp³-hybridized carbons (Fsp3) is 0.333. The molecular formula is C15H19N3O5. The number of nitrogens with one attached hydrogen (secondary N) is 3. The lowest BCUT2D eigenvalue weighted by Gasteiger charge is -2.13. The first kappa shape index (κ1) is 18.1. The lowest BCUT2D eigenvalue weighted by Crippen LogP contribution is -2.43. The molecule has 0 radical (unpaired) electrons. The van der Waals surface area contributed by atoms with Gasteiger partial charge in [0.2, 0.25) is 0 Å². The molecule has 0 heterocycles. The van der Waals surface area contributed by atoms with E-state index in [-0.39, 0.29) is 0 Å². The second-order valence-corrected chi connectivity index (χ2v) is 4.80. The van der Waals surface area contributed by atoms with Gasteiger partial charge in [-0.15, -0.1) is 0 Å². The molecule has 8 nitrogen and oxygen atoms in total. The Kier molecular flexibility index (Phi) is 6.72. The molecule has 0 aliphatic carbocycles. The van der Waals surface area contributed by atoms with Crippen LogP contribution in [-0.4, -0.2) is 43.5 Å². The van der Waals surface area contributed by atoms with Crippen LogP contribution in [0, 0.1) is 6.92 Å². The zero-order valence-electron chi connectivity index (χ0n) is 13.1. The summed E-state index contributed by atoms with van der Waals surface area (Å²) in [5, 5.41) is 6.60. The minimum Gasteiger partial charge on any atom is -0.454 e. The number of urea groups is 1. The van der Waals surface area contributed by atoms with Crippen LogP contribution in [0.25, 0.3) is 0 Å². The zero-order chi connectivity index (χ0) is 17.4. The Bertz CT molecular complexity index is 615. The van der Waals surface area contributed by atoms with E-state index in [4.69, 9.17) is 4.74 Å². The Balaban J connectivity index is 2.46. The molecule has 1 atom stereocenters. The number of amides is 4. The second-order valence-electron chi connectivity index (χ2n) is 4.80. The lowest BCUT2D eigenvalue weighted by molar-refractivity contribution is -0.149. The monoisotopic (exact) mass is 321 g/mol. The number of rotatable bonds is 5. The highest BCUT2D eigenvalue weighted by molar-refractivity contribution is 5.98. The van der Waals surface area contributed by atoms with Gasteiger partial charge in [-0.25, -0.2) is 9.59 Å². The maximum Gasteiger partial charge on any atom is 0.328 e. The number of carbonyl (C=O) groups excluding carboxylic acids is 4. The van der Waals surface area contributed by atoms with E-state index in [2.05, 4.69) is 10.6 Å². The first-order chi connectivity index (χ1) is 10.8. The summed E-state index contributed by atoms with van der Waals surface area (Å²) in [6.45, 7) is 2.67. The molecule has 3 N–H and O–H groups in total. The van der Waals surface area contributed by atoms with Crippen molar-refractivity contribution in [1.29, 1.82) is 0 Å². The number of esters is 1. The third kappa shape index (κ3) is 6.16. The third-order valence-corrected chi connectivity index (χ3v) is 2.81. The molecule has 0 spiro atoms. The molecule has 0 saturated carbocycles. The van der Waals surface area contributed by atoms with Crippen molar-refractivity contribution < 1.29 is 23.9 Å². The molecule has 1 aromatic rings. The summed E-state index contributed by atoms with van der Waals surface area (Å²) in [5.74, 6) is -1.97. The molecule has 4 amide bonds. The van der Waals surface area contributed by atoms with E-state index in [1.807, 2.05) is 18.3 Å². The summed E-state index contributed by atoms with van der Waals surface area (Å²) in [6.07, 6.45) is 0. The van der Waals surface area contributed by atoms with Gasteiger partial charge in [-0.05, 0) is 26.0 Å². The van der Waals surface area contributed by atoms with Crippen molar-refractivity contribution in [2.75, 3.05) is 13.7 Å². The lowest BCUT2D eigenvalue weighted by atomic mass is 10.1. The van der Waals surface area contributed by atoms with Crippen LogP contribution in [0.3, 0.4) is 0 Å². The second kappa shape index (κ2) is 8.52. The van der Waals surface area contributed by atoms with Crippen LogP contribution >= 0.6 is 0 Å². The van der Waals surface area contributed by atoms with Crippen LogP contribution in [-0.2, 0) is 14.3 Å². The van der Waals surface area contributed by atoms with Crippen LogP contribution in [0.5, 0.6) is 0 Å². The Morgan fingerprint density at radius 1 is 1.22 bits per heavy atom. The first-order valence-electron chi connectivity index (χ1n) is 6.89. The van der Waals surface area contributed by atoms with E-state index < -0.39 is 36.5 Å². The number of hydrogen-bond acceptors (Lipinski definition) is 5. The molecule has 1 aromatic carbocycles. The maximum absolute atomic E-state index is 12.0. The standard InChI is InChI=1S/C15H19N3O5/c1-9-5-4-6-11(7-9)13(20)17-10(2)14(21)23-8-12(19)18-15(22)16-3/h4-7,10H,8H2,1-3H3,(H,17,20)(H2,16,18,19,22)/t10-/m0/s1. The largest absolute Gasteiger partial charge is 0.454 e. The summed E-state index contributed by atoms with van der Waals surface area (Å²) >= 11 is 0. The van der Waals surface area contributed by atoms with Gasteiger partial charge in [0.15, 0.2) is 6.61 Å². The Labute approximate surface area is 133 Å². The van der Waals surface area contributed by atoms with Crippen molar-refractivity contribution in [3.05, 3.63) is 35.4 Å².